The van der Waals surface area contributed by atoms with E-state index in [1.807, 2.05) is 0 Å². The Morgan fingerprint density at radius 3 is 1.48 bits per heavy atom. The van der Waals surface area contributed by atoms with Crippen LogP contribution in [-0.4, -0.2) is 18.3 Å². The maximum absolute atomic E-state index is 11.9. The summed E-state index contributed by atoms with van der Waals surface area (Å²) < 4.78 is 33.0. The van der Waals surface area contributed by atoms with Crippen LogP contribution in [0.2, 0.25) is 0 Å². The largest absolute Gasteiger partial charge is 0.501 e. The maximum atomic E-state index is 11.9. The molecule has 0 amide bonds. The molecule has 0 atom stereocenters. The first-order valence-electron chi connectivity index (χ1n) is 6.31. The molecule has 0 heterocycles. The van der Waals surface area contributed by atoms with Crippen LogP contribution in [0.5, 0.6) is 11.5 Å². The Morgan fingerprint density at radius 2 is 1.16 bits per heavy atom. The van der Waals surface area contributed by atoms with Gasteiger partial charge in [0.05, 0.1) is 33.4 Å². The van der Waals surface area contributed by atoms with Crippen molar-refractivity contribution < 1.29 is 26.6 Å². The van der Waals surface area contributed by atoms with Gasteiger partial charge in [0.2, 0.25) is 0 Å². The SMILES string of the molecule is Nc1ccc([N+](=O)[O-])cc1OS(=O)(=O)Oc1cc([N+](=O)[O-])ccc1N. The Balaban J connectivity index is 2.32. The molecule has 4 N–H and O–H groups in total. The third-order valence-corrected chi connectivity index (χ3v) is 3.57. The molecule has 0 aliphatic heterocycles. The Labute approximate surface area is 140 Å². The highest BCUT2D eigenvalue weighted by molar-refractivity contribution is 7.82. The number of hydrogen-bond donors (Lipinski definition) is 2. The molecule has 25 heavy (non-hydrogen) atoms. The van der Waals surface area contributed by atoms with Crippen molar-refractivity contribution >= 4 is 33.1 Å². The van der Waals surface area contributed by atoms with E-state index in [1.54, 1.807) is 0 Å². The van der Waals surface area contributed by atoms with E-state index in [4.69, 9.17) is 11.5 Å². The van der Waals surface area contributed by atoms with Crippen molar-refractivity contribution in [3.63, 3.8) is 0 Å². The topological polar surface area (TPSA) is 191 Å². The Bertz CT molecular complexity index is 888. The number of rotatable bonds is 6. The van der Waals surface area contributed by atoms with Crippen molar-refractivity contribution in [3.05, 3.63) is 56.6 Å². The lowest BCUT2D eigenvalue weighted by molar-refractivity contribution is -0.385. The number of hydrogen-bond acceptors (Lipinski definition) is 10. The highest BCUT2D eigenvalue weighted by Crippen LogP contribution is 2.31. The molecular formula is C12H10N4O8S. The number of nitro groups is 2. The summed E-state index contributed by atoms with van der Waals surface area (Å²) in [6.45, 7) is 0. The Kier molecular flexibility index (Phi) is 4.60. The first-order chi connectivity index (χ1) is 11.6. The first kappa shape index (κ1) is 17.7. The smallest absolute Gasteiger partial charge is 0.396 e. The molecule has 13 heteroatoms. The summed E-state index contributed by atoms with van der Waals surface area (Å²) in [6, 6.07) is 5.82. The summed E-state index contributed by atoms with van der Waals surface area (Å²) in [5.41, 5.74) is 9.67. The lowest BCUT2D eigenvalue weighted by Crippen LogP contribution is -2.18. The van der Waals surface area contributed by atoms with Gasteiger partial charge in [0.15, 0.2) is 11.5 Å². The molecule has 0 aliphatic rings. The minimum atomic E-state index is -4.82. The van der Waals surface area contributed by atoms with Gasteiger partial charge in [-0.1, -0.05) is 0 Å². The number of benzene rings is 2. The van der Waals surface area contributed by atoms with E-state index in [0.29, 0.717) is 0 Å². The Hall–Kier alpha value is -3.61. The second-order valence-corrected chi connectivity index (χ2v) is 5.68. The molecule has 0 bridgehead atoms. The fourth-order valence-corrected chi connectivity index (χ4v) is 2.42. The number of nitrogens with zero attached hydrogens (tertiary/aromatic N) is 2. The summed E-state index contributed by atoms with van der Waals surface area (Å²) in [6.07, 6.45) is 0. The molecule has 132 valence electrons. The molecule has 0 saturated heterocycles. The van der Waals surface area contributed by atoms with Crippen LogP contribution in [0.4, 0.5) is 22.7 Å². The van der Waals surface area contributed by atoms with Gasteiger partial charge in [-0.25, -0.2) is 0 Å². The van der Waals surface area contributed by atoms with Gasteiger partial charge in [0.25, 0.3) is 11.4 Å². The summed E-state index contributed by atoms with van der Waals surface area (Å²) in [4.78, 5) is 19.9. The van der Waals surface area contributed by atoms with Crippen LogP contribution < -0.4 is 19.8 Å². The highest BCUT2D eigenvalue weighted by atomic mass is 32.3. The summed E-state index contributed by atoms with van der Waals surface area (Å²) in [5.74, 6) is -1.09. The molecule has 2 aromatic rings. The zero-order valence-corrected chi connectivity index (χ0v) is 13.0. The van der Waals surface area contributed by atoms with Crippen LogP contribution >= 0.6 is 0 Å². The van der Waals surface area contributed by atoms with Crippen molar-refractivity contribution in [2.45, 2.75) is 0 Å². The molecule has 0 unspecified atom stereocenters. The van der Waals surface area contributed by atoms with Crippen LogP contribution in [0.1, 0.15) is 0 Å². The third kappa shape index (κ3) is 4.23. The van der Waals surface area contributed by atoms with Crippen LogP contribution in [0.3, 0.4) is 0 Å². The standard InChI is InChI=1S/C12H10N4O8S/c13-9-3-1-7(15(17)18)5-11(9)23-25(21,22)24-12-6-8(16(19)20)2-4-10(12)14/h1-6H,13-14H2. The highest BCUT2D eigenvalue weighted by Gasteiger charge is 2.22. The van der Waals surface area contributed by atoms with Gasteiger partial charge in [-0.05, 0) is 12.1 Å². The fourth-order valence-electron chi connectivity index (χ4n) is 1.65. The number of non-ortho nitro benzene ring substituents is 2. The van der Waals surface area contributed by atoms with Gasteiger partial charge in [-0.15, -0.1) is 8.42 Å². The normalized spacial score (nSPS) is 10.9. The second-order valence-electron chi connectivity index (χ2n) is 4.53. The van der Waals surface area contributed by atoms with Gasteiger partial charge in [0.1, 0.15) is 0 Å². The van der Waals surface area contributed by atoms with E-state index in [2.05, 4.69) is 8.37 Å². The average Bonchev–Trinajstić information content (AvgIpc) is 2.50. The third-order valence-electron chi connectivity index (χ3n) is 2.80. The molecule has 2 rings (SSSR count). The molecule has 0 aromatic heterocycles. The van der Waals surface area contributed by atoms with Crippen LogP contribution in [0.15, 0.2) is 36.4 Å². The number of nitro benzene ring substituents is 2. The van der Waals surface area contributed by atoms with Crippen molar-refractivity contribution in [1.82, 2.24) is 0 Å². The van der Waals surface area contributed by atoms with Gasteiger partial charge in [-0.2, -0.15) is 0 Å². The Morgan fingerprint density at radius 1 is 0.800 bits per heavy atom. The molecule has 12 nitrogen and oxygen atoms in total. The van der Waals surface area contributed by atoms with E-state index in [-0.39, 0.29) is 11.4 Å². The van der Waals surface area contributed by atoms with Crippen molar-refractivity contribution in [1.29, 1.82) is 0 Å². The number of nitrogen functional groups attached to an aromatic ring is 2. The monoisotopic (exact) mass is 370 g/mol. The van der Waals surface area contributed by atoms with Crippen molar-refractivity contribution in [2.75, 3.05) is 11.5 Å². The van der Waals surface area contributed by atoms with Gasteiger partial charge >= 0.3 is 10.4 Å². The minimum absolute atomic E-state index is 0.204. The molecule has 0 saturated carbocycles. The van der Waals surface area contributed by atoms with E-state index in [0.717, 1.165) is 36.4 Å². The van der Waals surface area contributed by atoms with Crippen LogP contribution in [0.25, 0.3) is 0 Å². The first-order valence-corrected chi connectivity index (χ1v) is 7.64. The van der Waals surface area contributed by atoms with E-state index in [9.17, 15) is 28.6 Å². The molecule has 0 spiro atoms. The predicted molar refractivity (Wildman–Crippen MR) is 85.2 cm³/mol. The minimum Gasteiger partial charge on any atom is -0.396 e. The molecule has 0 radical (unpaired) electrons. The maximum Gasteiger partial charge on any atom is 0.501 e. The lowest BCUT2D eigenvalue weighted by Gasteiger charge is -2.10. The van der Waals surface area contributed by atoms with Gasteiger partial charge < -0.3 is 19.8 Å². The van der Waals surface area contributed by atoms with Crippen LogP contribution in [0, 0.1) is 20.2 Å². The molecule has 2 aromatic carbocycles. The fraction of sp³-hybridized carbons (Fsp3) is 0. The summed E-state index contributed by atoms with van der Waals surface area (Å²) in [5, 5.41) is 21.4. The number of nitrogens with two attached hydrogens (primary N) is 2. The summed E-state index contributed by atoms with van der Waals surface area (Å²) in [7, 11) is -4.82. The lowest BCUT2D eigenvalue weighted by atomic mass is 10.3. The van der Waals surface area contributed by atoms with Crippen LogP contribution in [-0.2, 0) is 10.4 Å². The molecule has 0 fully saturated rings. The summed E-state index contributed by atoms with van der Waals surface area (Å²) >= 11 is 0. The molecular weight excluding hydrogens is 360 g/mol. The van der Waals surface area contributed by atoms with Gasteiger partial charge in [0, 0.05) is 12.1 Å². The quantitative estimate of drug-likeness (QED) is 0.426. The van der Waals surface area contributed by atoms with Gasteiger partial charge in [-0.3, -0.25) is 20.2 Å². The average molecular weight is 370 g/mol. The van der Waals surface area contributed by atoms with E-state index >= 15 is 0 Å². The molecule has 0 aliphatic carbocycles. The predicted octanol–water partition coefficient (Wildman–Crippen LogP) is 1.37. The van der Waals surface area contributed by atoms with E-state index in [1.165, 1.54) is 0 Å². The number of anilines is 2. The zero-order valence-electron chi connectivity index (χ0n) is 12.2. The zero-order chi connectivity index (χ0) is 18.8. The van der Waals surface area contributed by atoms with Crippen molar-refractivity contribution in [3.8, 4) is 11.5 Å². The van der Waals surface area contributed by atoms with Crippen molar-refractivity contribution in [2.24, 2.45) is 0 Å². The van der Waals surface area contributed by atoms with E-state index < -0.39 is 43.1 Å². The second kappa shape index (κ2) is 6.48.